The Morgan fingerprint density at radius 3 is 2.75 bits per heavy atom. The predicted molar refractivity (Wildman–Crippen MR) is 79.1 cm³/mol. The molecule has 6 nitrogen and oxygen atoms in total. The molecule has 0 aliphatic heterocycles. The summed E-state index contributed by atoms with van der Waals surface area (Å²) in [7, 11) is 0. The molecule has 0 spiro atoms. The number of hydrogen-bond acceptors (Lipinski definition) is 4. The van der Waals surface area contributed by atoms with Crippen molar-refractivity contribution in [2.75, 3.05) is 0 Å². The first-order valence-electron chi connectivity index (χ1n) is 7.23. The number of amides is 1. The van der Waals surface area contributed by atoms with Gasteiger partial charge in [0, 0.05) is 18.1 Å². The third-order valence-corrected chi connectivity index (χ3v) is 2.82. The van der Waals surface area contributed by atoms with Crippen molar-refractivity contribution in [3.8, 4) is 0 Å². The molecule has 1 heterocycles. The highest BCUT2D eigenvalue weighted by molar-refractivity contribution is 5.75. The van der Waals surface area contributed by atoms with Gasteiger partial charge in [0.05, 0.1) is 11.9 Å². The lowest BCUT2D eigenvalue weighted by Gasteiger charge is -2.19. The maximum Gasteiger partial charge on any atom is 0.242 e. The summed E-state index contributed by atoms with van der Waals surface area (Å²) >= 11 is 0. The van der Waals surface area contributed by atoms with Crippen LogP contribution in [0.15, 0.2) is 6.20 Å². The highest BCUT2D eigenvalue weighted by Gasteiger charge is 2.11. The van der Waals surface area contributed by atoms with Gasteiger partial charge in [0.25, 0.3) is 0 Å². The van der Waals surface area contributed by atoms with Crippen molar-refractivity contribution in [1.29, 1.82) is 0 Å². The van der Waals surface area contributed by atoms with Gasteiger partial charge >= 0.3 is 0 Å². The minimum absolute atomic E-state index is 0.0221. The van der Waals surface area contributed by atoms with Crippen LogP contribution in [0.4, 0.5) is 0 Å². The molecule has 1 atom stereocenters. The molecule has 1 amide bonds. The van der Waals surface area contributed by atoms with E-state index in [2.05, 4.69) is 48.6 Å². The van der Waals surface area contributed by atoms with Gasteiger partial charge in [-0.25, -0.2) is 4.68 Å². The molecule has 0 aliphatic rings. The minimum Gasteiger partial charge on any atom is -0.352 e. The average Bonchev–Trinajstić information content (AvgIpc) is 2.73. The first kappa shape index (κ1) is 16.6. The fourth-order valence-corrected chi connectivity index (χ4v) is 1.83. The largest absolute Gasteiger partial charge is 0.352 e. The van der Waals surface area contributed by atoms with Gasteiger partial charge in [-0.1, -0.05) is 18.6 Å². The van der Waals surface area contributed by atoms with E-state index < -0.39 is 0 Å². The molecule has 1 rings (SSSR count). The monoisotopic (exact) mass is 281 g/mol. The zero-order chi connectivity index (χ0) is 15.2. The molecule has 114 valence electrons. The van der Waals surface area contributed by atoms with Crippen LogP contribution in [0, 0.1) is 0 Å². The number of rotatable bonds is 7. The number of aromatic nitrogens is 3. The lowest BCUT2D eigenvalue weighted by Crippen LogP contribution is -2.35. The Balaban J connectivity index is 2.41. The molecule has 6 heteroatoms. The number of nitrogens with one attached hydrogen (secondary N) is 2. The molecule has 0 aliphatic carbocycles. The minimum atomic E-state index is -0.0221. The summed E-state index contributed by atoms with van der Waals surface area (Å²) in [6.07, 6.45) is 3.86. The van der Waals surface area contributed by atoms with Crippen molar-refractivity contribution in [2.45, 2.75) is 72.1 Å². The standard InChI is InChI=1S/C14H27N5O/c1-6-7-11(2)16-13(20)10-19-9-12(17-18-19)8-15-14(3,4)5/h9,11,15H,6-8,10H2,1-5H3,(H,16,20). The lowest BCUT2D eigenvalue weighted by atomic mass is 10.1. The summed E-state index contributed by atoms with van der Waals surface area (Å²) in [5.41, 5.74) is 0.880. The topological polar surface area (TPSA) is 71.8 Å². The third kappa shape index (κ3) is 6.65. The smallest absolute Gasteiger partial charge is 0.242 e. The van der Waals surface area contributed by atoms with Gasteiger partial charge in [0.15, 0.2) is 0 Å². The van der Waals surface area contributed by atoms with Gasteiger partial charge in [-0.05, 0) is 34.1 Å². The van der Waals surface area contributed by atoms with Crippen molar-refractivity contribution in [3.05, 3.63) is 11.9 Å². The van der Waals surface area contributed by atoms with E-state index in [1.165, 1.54) is 0 Å². The molecule has 0 bridgehead atoms. The van der Waals surface area contributed by atoms with Crippen LogP contribution in [0.5, 0.6) is 0 Å². The van der Waals surface area contributed by atoms with E-state index in [0.29, 0.717) is 6.54 Å². The summed E-state index contributed by atoms with van der Waals surface area (Å²) in [4.78, 5) is 11.8. The van der Waals surface area contributed by atoms with E-state index in [1.807, 2.05) is 13.1 Å². The van der Waals surface area contributed by atoms with Crippen molar-refractivity contribution in [2.24, 2.45) is 0 Å². The van der Waals surface area contributed by atoms with Crippen LogP contribution in [0.1, 0.15) is 53.2 Å². The van der Waals surface area contributed by atoms with Gasteiger partial charge in [-0.15, -0.1) is 5.10 Å². The van der Waals surface area contributed by atoms with Gasteiger partial charge in [0.2, 0.25) is 5.91 Å². The quantitative estimate of drug-likeness (QED) is 0.794. The normalized spacial score (nSPS) is 13.2. The molecule has 1 aromatic heterocycles. The molecule has 1 aromatic rings. The van der Waals surface area contributed by atoms with Crippen LogP contribution in [0.2, 0.25) is 0 Å². The Hall–Kier alpha value is -1.43. The van der Waals surface area contributed by atoms with Gasteiger partial charge in [-0.2, -0.15) is 0 Å². The van der Waals surface area contributed by atoms with Gasteiger partial charge in [-0.3, -0.25) is 4.79 Å². The maximum atomic E-state index is 11.8. The zero-order valence-corrected chi connectivity index (χ0v) is 13.2. The van der Waals surface area contributed by atoms with E-state index in [9.17, 15) is 4.79 Å². The van der Waals surface area contributed by atoms with Crippen LogP contribution in [-0.2, 0) is 17.9 Å². The second-order valence-corrected chi connectivity index (χ2v) is 6.27. The number of carbonyl (C=O) groups is 1. The second-order valence-electron chi connectivity index (χ2n) is 6.27. The first-order chi connectivity index (χ1) is 9.30. The molecular weight excluding hydrogens is 254 g/mol. The molecule has 20 heavy (non-hydrogen) atoms. The second kappa shape index (κ2) is 7.38. The van der Waals surface area contributed by atoms with Crippen LogP contribution < -0.4 is 10.6 Å². The summed E-state index contributed by atoms with van der Waals surface area (Å²) in [6, 6.07) is 0.207. The summed E-state index contributed by atoms with van der Waals surface area (Å²) in [6.45, 7) is 11.3. The predicted octanol–water partition coefficient (Wildman–Crippen LogP) is 1.47. The molecule has 2 N–H and O–H groups in total. The number of nitrogens with zero attached hydrogens (tertiary/aromatic N) is 3. The Labute approximate surface area is 121 Å². The van der Waals surface area contributed by atoms with Gasteiger partial charge < -0.3 is 10.6 Å². The number of hydrogen-bond donors (Lipinski definition) is 2. The van der Waals surface area contributed by atoms with E-state index >= 15 is 0 Å². The van der Waals surface area contributed by atoms with Crippen molar-refractivity contribution >= 4 is 5.91 Å². The summed E-state index contributed by atoms with van der Waals surface area (Å²) < 4.78 is 1.58. The molecular formula is C14H27N5O. The molecule has 0 fully saturated rings. The molecule has 0 aromatic carbocycles. The molecule has 0 saturated carbocycles. The van der Waals surface area contributed by atoms with Crippen molar-refractivity contribution < 1.29 is 4.79 Å². The van der Waals surface area contributed by atoms with Gasteiger partial charge in [0.1, 0.15) is 6.54 Å². The Morgan fingerprint density at radius 1 is 1.45 bits per heavy atom. The summed E-state index contributed by atoms with van der Waals surface area (Å²) in [5, 5.41) is 14.3. The fourth-order valence-electron chi connectivity index (χ4n) is 1.83. The summed E-state index contributed by atoms with van der Waals surface area (Å²) in [5.74, 6) is -0.0221. The molecule has 0 saturated heterocycles. The average molecular weight is 281 g/mol. The molecule has 1 unspecified atom stereocenters. The van der Waals surface area contributed by atoms with Crippen LogP contribution in [-0.4, -0.2) is 32.5 Å². The molecule has 0 radical (unpaired) electrons. The first-order valence-corrected chi connectivity index (χ1v) is 7.23. The highest BCUT2D eigenvalue weighted by Crippen LogP contribution is 2.01. The lowest BCUT2D eigenvalue weighted by molar-refractivity contribution is -0.122. The fraction of sp³-hybridized carbons (Fsp3) is 0.786. The Bertz CT molecular complexity index is 421. The third-order valence-electron chi connectivity index (χ3n) is 2.82. The van der Waals surface area contributed by atoms with Crippen molar-refractivity contribution in [3.63, 3.8) is 0 Å². The Kier molecular flexibility index (Phi) is 6.13. The highest BCUT2D eigenvalue weighted by atomic mass is 16.2. The van der Waals surface area contributed by atoms with E-state index in [4.69, 9.17) is 0 Å². The van der Waals surface area contributed by atoms with Crippen LogP contribution >= 0.6 is 0 Å². The van der Waals surface area contributed by atoms with E-state index in [0.717, 1.165) is 18.5 Å². The SMILES string of the molecule is CCCC(C)NC(=O)Cn1cc(CNC(C)(C)C)nn1. The maximum absolute atomic E-state index is 11.8. The van der Waals surface area contributed by atoms with Crippen LogP contribution in [0.25, 0.3) is 0 Å². The Morgan fingerprint density at radius 2 is 2.15 bits per heavy atom. The van der Waals surface area contributed by atoms with Crippen molar-refractivity contribution in [1.82, 2.24) is 25.6 Å². The van der Waals surface area contributed by atoms with E-state index in [1.54, 1.807) is 4.68 Å². The van der Waals surface area contributed by atoms with E-state index in [-0.39, 0.29) is 24.0 Å². The zero-order valence-electron chi connectivity index (χ0n) is 13.2. The number of carbonyl (C=O) groups excluding carboxylic acids is 1. The van der Waals surface area contributed by atoms with Crippen LogP contribution in [0.3, 0.4) is 0 Å².